The van der Waals surface area contributed by atoms with Crippen molar-refractivity contribution in [3.05, 3.63) is 57.0 Å². The van der Waals surface area contributed by atoms with Crippen LogP contribution in [0.2, 0.25) is 0 Å². The molecule has 88 valence electrons. The lowest BCUT2D eigenvalue weighted by atomic mass is 10.1. The molecule has 1 nitrogen and oxygen atoms in total. The minimum Gasteiger partial charge on any atom is -0.288 e. The summed E-state index contributed by atoms with van der Waals surface area (Å²) in [4.78, 5) is 13.8. The van der Waals surface area contributed by atoms with Crippen LogP contribution in [0.5, 0.6) is 0 Å². The molecule has 0 bridgehead atoms. The van der Waals surface area contributed by atoms with Gasteiger partial charge in [-0.25, -0.2) is 4.39 Å². The average molecular weight is 248 g/mol. The van der Waals surface area contributed by atoms with Crippen LogP contribution in [0.1, 0.15) is 32.6 Å². The summed E-state index contributed by atoms with van der Waals surface area (Å²) in [5.41, 5.74) is 0.972. The van der Waals surface area contributed by atoms with Crippen molar-refractivity contribution in [3.8, 4) is 0 Å². The van der Waals surface area contributed by atoms with Crippen molar-refractivity contribution in [3.63, 3.8) is 0 Å². The maximum Gasteiger partial charge on any atom is 0.205 e. The zero-order valence-corrected chi connectivity index (χ0v) is 10.6. The number of carbonyl (C=O) groups is 1. The molecule has 1 heterocycles. The first-order valence-electron chi connectivity index (χ1n) is 5.51. The average Bonchev–Trinajstić information content (AvgIpc) is 2.76. The van der Waals surface area contributed by atoms with E-state index in [2.05, 4.69) is 0 Å². The highest BCUT2D eigenvalue weighted by Gasteiger charge is 2.15. The van der Waals surface area contributed by atoms with Crippen LogP contribution in [0.4, 0.5) is 4.39 Å². The Morgan fingerprint density at radius 1 is 1.29 bits per heavy atom. The van der Waals surface area contributed by atoms with Gasteiger partial charge in [0, 0.05) is 4.88 Å². The van der Waals surface area contributed by atoms with Crippen LogP contribution < -0.4 is 0 Å². The first kappa shape index (κ1) is 12.0. The molecule has 2 aromatic rings. The molecule has 0 aliphatic rings. The maximum absolute atomic E-state index is 13.7. The molecule has 0 radical (unpaired) electrons. The van der Waals surface area contributed by atoms with Crippen LogP contribution >= 0.6 is 11.3 Å². The number of hydrogen-bond acceptors (Lipinski definition) is 2. The van der Waals surface area contributed by atoms with Crippen molar-refractivity contribution in [2.45, 2.75) is 20.3 Å². The van der Waals surface area contributed by atoms with Crippen LogP contribution in [0.25, 0.3) is 0 Å². The quantitative estimate of drug-likeness (QED) is 0.751. The highest BCUT2D eigenvalue weighted by Crippen LogP contribution is 2.22. The van der Waals surface area contributed by atoms with Gasteiger partial charge in [-0.2, -0.15) is 0 Å². The van der Waals surface area contributed by atoms with E-state index in [1.807, 2.05) is 13.0 Å². The molecular formula is C14H13FOS. The number of aryl methyl sites for hydroxylation is 2. The van der Waals surface area contributed by atoms with E-state index in [1.165, 1.54) is 17.4 Å². The molecule has 2 rings (SSSR count). The van der Waals surface area contributed by atoms with Crippen LogP contribution in [-0.2, 0) is 6.42 Å². The molecule has 17 heavy (non-hydrogen) atoms. The van der Waals surface area contributed by atoms with Gasteiger partial charge in [0.25, 0.3) is 0 Å². The Bertz CT molecular complexity index is 557. The number of benzene rings is 1. The van der Waals surface area contributed by atoms with E-state index in [0.29, 0.717) is 4.88 Å². The van der Waals surface area contributed by atoms with Gasteiger partial charge in [-0.05, 0) is 43.2 Å². The molecule has 0 N–H and O–H groups in total. The third-order valence-corrected chi connectivity index (χ3v) is 3.83. The van der Waals surface area contributed by atoms with Gasteiger partial charge in [-0.15, -0.1) is 11.3 Å². The summed E-state index contributed by atoms with van der Waals surface area (Å²) < 4.78 is 13.7. The number of hydrogen-bond donors (Lipinski definition) is 0. The van der Waals surface area contributed by atoms with Gasteiger partial charge in [-0.1, -0.05) is 13.0 Å². The number of ketones is 1. The summed E-state index contributed by atoms with van der Waals surface area (Å²) in [6.07, 6.45) is 0.897. The fraction of sp³-hybridized carbons (Fsp3) is 0.214. The van der Waals surface area contributed by atoms with Crippen molar-refractivity contribution in [1.82, 2.24) is 0 Å². The molecule has 0 saturated heterocycles. The number of thiophene rings is 1. The van der Waals surface area contributed by atoms with E-state index in [-0.39, 0.29) is 11.3 Å². The first-order valence-corrected chi connectivity index (χ1v) is 6.33. The third kappa shape index (κ3) is 2.44. The molecule has 0 amide bonds. The topological polar surface area (TPSA) is 17.1 Å². The molecule has 1 aromatic heterocycles. The van der Waals surface area contributed by atoms with Crippen molar-refractivity contribution in [2.24, 2.45) is 0 Å². The van der Waals surface area contributed by atoms with Gasteiger partial charge < -0.3 is 0 Å². The molecular weight excluding hydrogens is 235 g/mol. The van der Waals surface area contributed by atoms with Crippen LogP contribution in [0.3, 0.4) is 0 Å². The Kier molecular flexibility index (Phi) is 3.38. The smallest absolute Gasteiger partial charge is 0.205 e. The zero-order chi connectivity index (χ0) is 12.4. The Hall–Kier alpha value is -1.48. The summed E-state index contributed by atoms with van der Waals surface area (Å²) in [5, 5.41) is 0. The van der Waals surface area contributed by atoms with Crippen molar-refractivity contribution >= 4 is 17.1 Å². The summed E-state index contributed by atoms with van der Waals surface area (Å²) in [6.45, 7) is 3.84. The molecule has 0 unspecified atom stereocenters. The Morgan fingerprint density at radius 3 is 2.65 bits per heavy atom. The fourth-order valence-corrected chi connectivity index (χ4v) is 2.53. The number of carbonyl (C=O) groups excluding carboxylic acids is 1. The summed E-state index contributed by atoms with van der Waals surface area (Å²) >= 11 is 1.43. The minimum absolute atomic E-state index is 0.153. The lowest BCUT2D eigenvalue weighted by Gasteiger charge is -2.01. The lowest BCUT2D eigenvalue weighted by Crippen LogP contribution is -2.02. The Balaban J connectivity index is 2.36. The van der Waals surface area contributed by atoms with E-state index in [9.17, 15) is 9.18 Å². The molecule has 0 spiro atoms. The van der Waals surface area contributed by atoms with Crippen molar-refractivity contribution < 1.29 is 9.18 Å². The van der Waals surface area contributed by atoms with E-state index < -0.39 is 5.82 Å². The standard InChI is InChI=1S/C14H13FOS/c1-3-10-5-7-13(17-10)14(16)11-6-4-9(2)8-12(11)15/h4-8H,3H2,1-2H3. The molecule has 1 aromatic carbocycles. The van der Waals surface area contributed by atoms with Gasteiger partial charge in [0.15, 0.2) is 0 Å². The minimum atomic E-state index is -0.443. The highest BCUT2D eigenvalue weighted by molar-refractivity contribution is 7.14. The second kappa shape index (κ2) is 4.80. The normalized spacial score (nSPS) is 10.5. The summed E-state index contributed by atoms with van der Waals surface area (Å²) in [7, 11) is 0. The van der Waals surface area contributed by atoms with E-state index in [0.717, 1.165) is 16.9 Å². The Labute approximate surface area is 104 Å². The summed E-state index contributed by atoms with van der Waals surface area (Å²) in [5.74, 6) is -0.673. The molecule has 0 aliphatic carbocycles. The molecule has 0 aliphatic heterocycles. The second-order valence-corrected chi connectivity index (χ2v) is 5.10. The maximum atomic E-state index is 13.7. The zero-order valence-electron chi connectivity index (χ0n) is 9.79. The fourth-order valence-electron chi connectivity index (χ4n) is 1.63. The van der Waals surface area contributed by atoms with Crippen LogP contribution in [0.15, 0.2) is 30.3 Å². The molecule has 0 saturated carbocycles. The number of halogens is 1. The second-order valence-electron chi connectivity index (χ2n) is 3.93. The SMILES string of the molecule is CCc1ccc(C(=O)c2ccc(C)cc2F)s1. The van der Waals surface area contributed by atoms with E-state index >= 15 is 0 Å². The molecule has 3 heteroatoms. The monoisotopic (exact) mass is 248 g/mol. The van der Waals surface area contributed by atoms with Gasteiger partial charge in [0.1, 0.15) is 5.82 Å². The van der Waals surface area contributed by atoms with E-state index in [1.54, 1.807) is 25.1 Å². The predicted molar refractivity (Wildman–Crippen MR) is 68.3 cm³/mol. The lowest BCUT2D eigenvalue weighted by molar-refractivity contribution is 0.103. The number of rotatable bonds is 3. The first-order chi connectivity index (χ1) is 8.11. The van der Waals surface area contributed by atoms with Crippen molar-refractivity contribution in [2.75, 3.05) is 0 Å². The van der Waals surface area contributed by atoms with Crippen molar-refractivity contribution in [1.29, 1.82) is 0 Å². The summed E-state index contributed by atoms with van der Waals surface area (Å²) in [6, 6.07) is 8.39. The predicted octanol–water partition coefficient (Wildman–Crippen LogP) is 3.99. The molecule has 0 fully saturated rings. The van der Waals surface area contributed by atoms with Gasteiger partial charge in [0.2, 0.25) is 5.78 Å². The Morgan fingerprint density at radius 2 is 2.06 bits per heavy atom. The largest absolute Gasteiger partial charge is 0.288 e. The van der Waals surface area contributed by atoms with Gasteiger partial charge in [0.05, 0.1) is 10.4 Å². The van der Waals surface area contributed by atoms with Crippen LogP contribution in [-0.4, -0.2) is 5.78 Å². The van der Waals surface area contributed by atoms with Gasteiger partial charge >= 0.3 is 0 Å². The van der Waals surface area contributed by atoms with Crippen LogP contribution in [0, 0.1) is 12.7 Å². The molecule has 0 atom stereocenters. The highest BCUT2D eigenvalue weighted by atomic mass is 32.1. The van der Waals surface area contributed by atoms with Gasteiger partial charge in [-0.3, -0.25) is 4.79 Å². The third-order valence-electron chi connectivity index (χ3n) is 2.60. The van der Waals surface area contributed by atoms with E-state index in [4.69, 9.17) is 0 Å².